The average Bonchev–Trinajstić information content (AvgIpc) is 2.89. The Kier molecular flexibility index (Phi) is 15.3. The van der Waals surface area contributed by atoms with E-state index in [4.69, 9.17) is 0 Å². The Bertz CT molecular complexity index is 966. The van der Waals surface area contributed by atoms with Crippen molar-refractivity contribution >= 4 is 33.6 Å². The summed E-state index contributed by atoms with van der Waals surface area (Å²) < 4.78 is 24.8. The molecule has 37 heavy (non-hydrogen) atoms. The Balaban J connectivity index is 1.62. The Morgan fingerprint density at radius 2 is 1.30 bits per heavy atom. The second-order valence-corrected chi connectivity index (χ2v) is 10.9. The zero-order chi connectivity index (χ0) is 26.9. The van der Waals surface area contributed by atoms with E-state index in [-0.39, 0.29) is 22.9 Å². The number of carbonyl (C=O) groups is 1. The molecular weight excluding hydrogens is 484 g/mol. The Morgan fingerprint density at radius 1 is 0.838 bits per heavy atom. The summed E-state index contributed by atoms with van der Waals surface area (Å²) in [6.07, 6.45) is 20.8. The molecule has 0 aliphatic heterocycles. The summed E-state index contributed by atoms with van der Waals surface area (Å²) in [6, 6.07) is 8.30. The number of aromatic hydroxyl groups is 1. The van der Waals surface area contributed by atoms with Gasteiger partial charge in [0, 0.05) is 35.6 Å². The van der Waals surface area contributed by atoms with E-state index in [0.29, 0.717) is 17.3 Å². The van der Waals surface area contributed by atoms with E-state index < -0.39 is 11.3 Å². The molecule has 0 saturated heterocycles. The number of unbranched alkanes of at least 4 members (excludes halogenated alkanes) is 15. The van der Waals surface area contributed by atoms with E-state index >= 15 is 0 Å². The molecule has 0 heterocycles. The van der Waals surface area contributed by atoms with Crippen LogP contribution in [-0.4, -0.2) is 38.3 Å². The van der Waals surface area contributed by atoms with Crippen molar-refractivity contribution in [3.05, 3.63) is 35.9 Å². The quantitative estimate of drug-likeness (QED) is 0.103. The van der Waals surface area contributed by atoms with Crippen LogP contribution in [0.2, 0.25) is 0 Å². The first-order valence-corrected chi connectivity index (χ1v) is 15.4. The standard InChI is InChI=1S/C30H48N2O4S/c1-3-4-5-6-7-8-9-10-11-12-13-14-15-16-17-20-23-32(2)30(34)27-24-28(31-37(35)36)25-21-18-19-22-26(25)29(27)33/h18-19,21-22,24,31,33H,3-17,20,23H2,1-2H3,(H,35,36)/p-1. The lowest BCUT2D eigenvalue weighted by Gasteiger charge is -2.20. The highest BCUT2D eigenvalue weighted by atomic mass is 32.2. The number of phenols is 1. The van der Waals surface area contributed by atoms with Gasteiger partial charge in [-0.1, -0.05) is 128 Å². The fourth-order valence-corrected chi connectivity index (χ4v) is 5.25. The summed E-state index contributed by atoms with van der Waals surface area (Å²) >= 11 is -2.53. The summed E-state index contributed by atoms with van der Waals surface area (Å²) in [5, 5.41) is 11.7. The van der Waals surface area contributed by atoms with Gasteiger partial charge >= 0.3 is 0 Å². The molecule has 0 saturated carbocycles. The maximum Gasteiger partial charge on any atom is 0.257 e. The zero-order valence-electron chi connectivity index (χ0n) is 22.9. The third kappa shape index (κ3) is 11.4. The molecule has 0 fully saturated rings. The second kappa shape index (κ2) is 18.2. The van der Waals surface area contributed by atoms with E-state index in [1.807, 2.05) is 0 Å². The first kappa shape index (κ1) is 31.1. The highest BCUT2D eigenvalue weighted by Gasteiger charge is 2.20. The third-order valence-electron chi connectivity index (χ3n) is 7.13. The molecule has 0 spiro atoms. The summed E-state index contributed by atoms with van der Waals surface area (Å²) in [6.45, 7) is 2.86. The zero-order valence-corrected chi connectivity index (χ0v) is 23.8. The van der Waals surface area contributed by atoms with Gasteiger partial charge in [-0.25, -0.2) is 0 Å². The number of nitrogens with one attached hydrogen (secondary N) is 1. The van der Waals surface area contributed by atoms with E-state index in [2.05, 4.69) is 11.6 Å². The van der Waals surface area contributed by atoms with Gasteiger partial charge in [0.15, 0.2) is 0 Å². The number of rotatable bonds is 20. The van der Waals surface area contributed by atoms with Crippen molar-refractivity contribution in [3.8, 4) is 5.75 Å². The van der Waals surface area contributed by atoms with E-state index in [1.165, 1.54) is 96.0 Å². The highest BCUT2D eigenvalue weighted by Crippen LogP contribution is 2.35. The molecule has 6 nitrogen and oxygen atoms in total. The first-order valence-electron chi connectivity index (χ1n) is 14.3. The third-order valence-corrected chi connectivity index (χ3v) is 7.52. The maximum absolute atomic E-state index is 13.0. The predicted octanol–water partition coefficient (Wildman–Crippen LogP) is 8.08. The fourth-order valence-electron chi connectivity index (χ4n) is 4.90. The molecule has 2 aromatic rings. The number of amides is 1. The lowest BCUT2D eigenvalue weighted by atomic mass is 10.0. The van der Waals surface area contributed by atoms with Crippen LogP contribution in [0, 0.1) is 0 Å². The minimum atomic E-state index is -2.53. The van der Waals surface area contributed by atoms with Crippen molar-refractivity contribution in [2.24, 2.45) is 0 Å². The fraction of sp³-hybridized carbons (Fsp3) is 0.633. The van der Waals surface area contributed by atoms with Gasteiger partial charge in [-0.05, 0) is 12.5 Å². The van der Waals surface area contributed by atoms with Crippen molar-refractivity contribution in [3.63, 3.8) is 0 Å². The van der Waals surface area contributed by atoms with Crippen LogP contribution in [0.15, 0.2) is 30.3 Å². The van der Waals surface area contributed by atoms with Crippen LogP contribution in [-0.2, 0) is 11.3 Å². The van der Waals surface area contributed by atoms with Crippen molar-refractivity contribution in [2.45, 2.75) is 110 Å². The molecule has 2 N–H and O–H groups in total. The van der Waals surface area contributed by atoms with Crippen LogP contribution < -0.4 is 4.72 Å². The Morgan fingerprint density at radius 3 is 1.78 bits per heavy atom. The number of carbonyl (C=O) groups excluding carboxylic acids is 1. The molecule has 0 aliphatic carbocycles. The summed E-state index contributed by atoms with van der Waals surface area (Å²) in [5.41, 5.74) is 0.381. The number of hydrogen-bond acceptors (Lipinski definition) is 4. The molecule has 2 rings (SSSR count). The van der Waals surface area contributed by atoms with Gasteiger partial charge in [-0.2, -0.15) is 0 Å². The van der Waals surface area contributed by atoms with Crippen LogP contribution >= 0.6 is 0 Å². The molecule has 2 aromatic carbocycles. The summed E-state index contributed by atoms with van der Waals surface area (Å²) in [5.74, 6) is -0.439. The molecule has 208 valence electrons. The predicted molar refractivity (Wildman–Crippen MR) is 155 cm³/mol. The number of benzene rings is 2. The summed E-state index contributed by atoms with van der Waals surface area (Å²) in [4.78, 5) is 14.6. The van der Waals surface area contributed by atoms with E-state index in [1.54, 1.807) is 36.2 Å². The van der Waals surface area contributed by atoms with Crippen LogP contribution in [0.3, 0.4) is 0 Å². The minimum absolute atomic E-state index is 0.102. The minimum Gasteiger partial charge on any atom is -0.755 e. The molecular formula is C30H47N2O4S-. The smallest absolute Gasteiger partial charge is 0.257 e. The maximum atomic E-state index is 13.0. The van der Waals surface area contributed by atoms with Gasteiger partial charge in [-0.15, -0.1) is 0 Å². The van der Waals surface area contributed by atoms with Gasteiger partial charge in [-0.3, -0.25) is 9.00 Å². The van der Waals surface area contributed by atoms with Crippen LogP contribution in [0.1, 0.15) is 120 Å². The molecule has 1 unspecified atom stereocenters. The lowest BCUT2D eigenvalue weighted by Crippen LogP contribution is -2.28. The topological polar surface area (TPSA) is 92.7 Å². The van der Waals surface area contributed by atoms with Crippen molar-refractivity contribution < 1.29 is 18.7 Å². The number of fused-ring (bicyclic) bond motifs is 1. The molecule has 0 radical (unpaired) electrons. The lowest BCUT2D eigenvalue weighted by molar-refractivity contribution is 0.0790. The largest absolute Gasteiger partial charge is 0.755 e. The molecule has 0 aliphatic rings. The Labute approximate surface area is 226 Å². The van der Waals surface area contributed by atoms with Crippen molar-refractivity contribution in [2.75, 3.05) is 18.3 Å². The van der Waals surface area contributed by atoms with Gasteiger partial charge < -0.3 is 19.3 Å². The van der Waals surface area contributed by atoms with Gasteiger partial charge in [0.2, 0.25) is 0 Å². The monoisotopic (exact) mass is 531 g/mol. The molecule has 1 atom stereocenters. The Hall–Kier alpha value is -2.12. The molecule has 0 aromatic heterocycles. The normalized spacial score (nSPS) is 12.1. The van der Waals surface area contributed by atoms with E-state index in [9.17, 15) is 18.7 Å². The number of hydrogen-bond donors (Lipinski definition) is 2. The van der Waals surface area contributed by atoms with Crippen molar-refractivity contribution in [1.82, 2.24) is 4.90 Å². The molecule has 7 heteroatoms. The molecule has 1 amide bonds. The number of nitrogens with zero attached hydrogens (tertiary/aromatic N) is 1. The number of phenolic OH excluding ortho intramolecular Hbond substituents is 1. The number of anilines is 1. The van der Waals surface area contributed by atoms with Crippen molar-refractivity contribution in [1.29, 1.82) is 0 Å². The van der Waals surface area contributed by atoms with Crippen LogP contribution in [0.25, 0.3) is 10.8 Å². The SMILES string of the molecule is CCCCCCCCCCCCCCCCCCN(C)C(=O)c1cc(NS(=O)[O-])c2ccccc2c1O. The second-order valence-electron chi connectivity index (χ2n) is 10.2. The van der Waals surface area contributed by atoms with Gasteiger partial charge in [0.05, 0.1) is 11.3 Å². The molecule has 0 bridgehead atoms. The van der Waals surface area contributed by atoms with Gasteiger partial charge in [0.1, 0.15) is 5.75 Å². The first-order chi connectivity index (χ1) is 18.0. The van der Waals surface area contributed by atoms with Crippen LogP contribution in [0.4, 0.5) is 5.69 Å². The summed E-state index contributed by atoms with van der Waals surface area (Å²) in [7, 11) is 1.72. The highest BCUT2D eigenvalue weighted by molar-refractivity contribution is 7.80. The van der Waals surface area contributed by atoms with Crippen LogP contribution in [0.5, 0.6) is 5.75 Å². The van der Waals surface area contributed by atoms with Gasteiger partial charge in [0.25, 0.3) is 5.91 Å². The van der Waals surface area contributed by atoms with E-state index in [0.717, 1.165) is 12.8 Å². The average molecular weight is 532 g/mol.